The molecule has 1 aliphatic rings. The normalized spacial score (nSPS) is 15.9. The SMILES string of the molecule is CCC(C(=O)NCCCN1CCCC1)n1c2ccccc2c2cnn(C)c(=O)c21. The summed E-state index contributed by atoms with van der Waals surface area (Å²) in [5, 5.41) is 9.03. The summed E-state index contributed by atoms with van der Waals surface area (Å²) in [7, 11) is 1.64. The maximum absolute atomic E-state index is 13.1. The fourth-order valence-electron chi connectivity index (χ4n) is 4.44. The number of rotatable bonds is 7. The second-order valence-corrected chi connectivity index (χ2v) is 7.84. The van der Waals surface area contributed by atoms with Gasteiger partial charge in [-0.1, -0.05) is 25.1 Å². The second kappa shape index (κ2) is 8.37. The molecule has 0 aliphatic carbocycles. The van der Waals surface area contributed by atoms with Crippen LogP contribution in [0.3, 0.4) is 0 Å². The monoisotopic (exact) mass is 395 g/mol. The number of aryl methyl sites for hydroxylation is 1. The molecule has 1 aromatic carbocycles. The number of nitrogens with zero attached hydrogens (tertiary/aromatic N) is 4. The highest BCUT2D eigenvalue weighted by atomic mass is 16.2. The first-order valence-electron chi connectivity index (χ1n) is 10.6. The van der Waals surface area contributed by atoms with Crippen LogP contribution in [-0.4, -0.2) is 51.3 Å². The molecule has 2 aromatic heterocycles. The van der Waals surface area contributed by atoms with Crippen molar-refractivity contribution < 1.29 is 4.79 Å². The van der Waals surface area contributed by atoms with Crippen LogP contribution in [0.1, 0.15) is 38.6 Å². The first-order chi connectivity index (χ1) is 14.1. The summed E-state index contributed by atoms with van der Waals surface area (Å²) in [6, 6.07) is 7.41. The van der Waals surface area contributed by atoms with Gasteiger partial charge in [-0.3, -0.25) is 9.59 Å². The minimum Gasteiger partial charge on any atom is -0.354 e. The number of nitrogens with one attached hydrogen (secondary N) is 1. The maximum Gasteiger partial charge on any atom is 0.291 e. The van der Waals surface area contributed by atoms with Crippen LogP contribution in [0.4, 0.5) is 0 Å². The lowest BCUT2D eigenvalue weighted by atomic mass is 10.2. The molecule has 7 nitrogen and oxygen atoms in total. The van der Waals surface area contributed by atoms with Gasteiger partial charge in [0.2, 0.25) is 5.91 Å². The minimum atomic E-state index is -0.431. The van der Waals surface area contributed by atoms with E-state index in [2.05, 4.69) is 15.3 Å². The van der Waals surface area contributed by atoms with Crippen molar-refractivity contribution in [3.63, 3.8) is 0 Å². The van der Waals surface area contributed by atoms with E-state index in [1.165, 1.54) is 30.6 Å². The van der Waals surface area contributed by atoms with Crippen LogP contribution >= 0.6 is 0 Å². The van der Waals surface area contributed by atoms with Gasteiger partial charge >= 0.3 is 0 Å². The van der Waals surface area contributed by atoms with Crippen LogP contribution in [-0.2, 0) is 11.8 Å². The van der Waals surface area contributed by atoms with Crippen LogP contribution in [0.25, 0.3) is 21.8 Å². The summed E-state index contributed by atoms with van der Waals surface area (Å²) in [4.78, 5) is 28.4. The van der Waals surface area contributed by atoms with E-state index >= 15 is 0 Å². The molecule has 1 unspecified atom stereocenters. The van der Waals surface area contributed by atoms with E-state index < -0.39 is 6.04 Å². The van der Waals surface area contributed by atoms with Gasteiger partial charge in [-0.05, 0) is 51.4 Å². The third-order valence-electron chi connectivity index (χ3n) is 5.96. The zero-order chi connectivity index (χ0) is 20.4. The Labute approximate surface area is 170 Å². The zero-order valence-corrected chi connectivity index (χ0v) is 17.2. The molecule has 1 atom stereocenters. The van der Waals surface area contributed by atoms with Crippen LogP contribution in [0.5, 0.6) is 0 Å². The highest BCUT2D eigenvalue weighted by Gasteiger charge is 2.25. The molecule has 0 radical (unpaired) electrons. The summed E-state index contributed by atoms with van der Waals surface area (Å²) in [5.41, 5.74) is 1.26. The average Bonchev–Trinajstić information content (AvgIpc) is 3.36. The van der Waals surface area contributed by atoms with Crippen molar-refractivity contribution in [1.82, 2.24) is 24.6 Å². The number of carbonyl (C=O) groups excluding carboxylic acids is 1. The second-order valence-electron chi connectivity index (χ2n) is 7.84. The molecule has 1 aliphatic heterocycles. The summed E-state index contributed by atoms with van der Waals surface area (Å²) in [6.07, 6.45) is 5.83. The lowest BCUT2D eigenvalue weighted by Crippen LogP contribution is -2.35. The van der Waals surface area contributed by atoms with Crippen LogP contribution < -0.4 is 10.9 Å². The van der Waals surface area contributed by atoms with E-state index in [1.807, 2.05) is 35.8 Å². The molecule has 4 rings (SSSR count). The Morgan fingerprint density at radius 1 is 1.21 bits per heavy atom. The van der Waals surface area contributed by atoms with Crippen molar-refractivity contribution in [2.75, 3.05) is 26.2 Å². The molecular formula is C22H29N5O2. The van der Waals surface area contributed by atoms with Gasteiger partial charge in [0.1, 0.15) is 11.6 Å². The van der Waals surface area contributed by atoms with E-state index in [9.17, 15) is 9.59 Å². The largest absolute Gasteiger partial charge is 0.354 e. The number of hydrogen-bond donors (Lipinski definition) is 1. The van der Waals surface area contributed by atoms with Crippen LogP contribution in [0.15, 0.2) is 35.3 Å². The molecule has 1 saturated heterocycles. The van der Waals surface area contributed by atoms with Crippen molar-refractivity contribution in [2.24, 2.45) is 7.05 Å². The molecule has 0 bridgehead atoms. The molecule has 7 heteroatoms. The number of carbonyl (C=O) groups is 1. The molecular weight excluding hydrogens is 366 g/mol. The fraction of sp³-hybridized carbons (Fsp3) is 0.500. The number of amides is 1. The standard InChI is InChI=1S/C22H29N5O2/c1-3-18(21(28)23-11-8-14-26-12-6-7-13-26)27-19-10-5-4-9-16(19)17-15-24-25(2)22(29)20(17)27/h4-5,9-10,15,18H,3,6-8,11-14H2,1-2H3,(H,23,28). The first kappa shape index (κ1) is 19.6. The third kappa shape index (κ3) is 3.67. The predicted molar refractivity (Wildman–Crippen MR) is 115 cm³/mol. The lowest BCUT2D eigenvalue weighted by molar-refractivity contribution is -0.124. The molecule has 154 valence electrons. The van der Waals surface area contributed by atoms with E-state index in [-0.39, 0.29) is 11.5 Å². The Balaban J connectivity index is 1.62. The maximum atomic E-state index is 13.1. The van der Waals surface area contributed by atoms with Crippen LogP contribution in [0, 0.1) is 0 Å². The summed E-state index contributed by atoms with van der Waals surface area (Å²) >= 11 is 0. The Morgan fingerprint density at radius 2 is 1.97 bits per heavy atom. The summed E-state index contributed by atoms with van der Waals surface area (Å²) in [5.74, 6) is -0.0320. The van der Waals surface area contributed by atoms with Crippen molar-refractivity contribution in [3.05, 3.63) is 40.8 Å². The van der Waals surface area contributed by atoms with Crippen molar-refractivity contribution in [1.29, 1.82) is 0 Å². The number of fused-ring (bicyclic) bond motifs is 3. The molecule has 3 heterocycles. The Kier molecular flexibility index (Phi) is 5.67. The quantitative estimate of drug-likeness (QED) is 0.624. The van der Waals surface area contributed by atoms with Gasteiger partial charge in [-0.15, -0.1) is 0 Å². The van der Waals surface area contributed by atoms with Crippen molar-refractivity contribution in [3.8, 4) is 0 Å². The van der Waals surface area contributed by atoms with E-state index in [0.717, 1.165) is 29.3 Å². The van der Waals surface area contributed by atoms with Gasteiger partial charge in [-0.25, -0.2) is 4.68 Å². The fourth-order valence-corrected chi connectivity index (χ4v) is 4.44. The third-order valence-corrected chi connectivity index (χ3v) is 5.96. The molecule has 1 amide bonds. The molecule has 0 saturated carbocycles. The predicted octanol–water partition coefficient (Wildman–Crippen LogP) is 2.44. The number of aromatic nitrogens is 3. The van der Waals surface area contributed by atoms with Gasteiger partial charge in [0.25, 0.3) is 5.56 Å². The van der Waals surface area contributed by atoms with Crippen LogP contribution in [0.2, 0.25) is 0 Å². The first-order valence-corrected chi connectivity index (χ1v) is 10.6. The van der Waals surface area contributed by atoms with Gasteiger partial charge in [0, 0.05) is 24.4 Å². The zero-order valence-electron chi connectivity index (χ0n) is 17.2. The Morgan fingerprint density at radius 3 is 2.72 bits per heavy atom. The molecule has 0 spiro atoms. The van der Waals surface area contributed by atoms with Gasteiger partial charge in [0.05, 0.1) is 11.7 Å². The van der Waals surface area contributed by atoms with Crippen molar-refractivity contribution in [2.45, 2.75) is 38.6 Å². The number of para-hydroxylation sites is 1. The molecule has 1 N–H and O–H groups in total. The van der Waals surface area contributed by atoms with Crippen molar-refractivity contribution >= 4 is 27.7 Å². The highest BCUT2D eigenvalue weighted by Crippen LogP contribution is 2.30. The summed E-state index contributed by atoms with van der Waals surface area (Å²) in [6.45, 7) is 6.01. The Hall–Kier alpha value is -2.67. The Bertz CT molecular complexity index is 1080. The molecule has 29 heavy (non-hydrogen) atoms. The van der Waals surface area contributed by atoms with E-state index in [1.54, 1.807) is 13.2 Å². The topological polar surface area (TPSA) is 72.2 Å². The molecule has 1 fully saturated rings. The summed E-state index contributed by atoms with van der Waals surface area (Å²) < 4.78 is 3.24. The lowest BCUT2D eigenvalue weighted by Gasteiger charge is -2.20. The van der Waals surface area contributed by atoms with Gasteiger partial charge in [0.15, 0.2) is 0 Å². The van der Waals surface area contributed by atoms with E-state index in [0.29, 0.717) is 18.5 Å². The smallest absolute Gasteiger partial charge is 0.291 e. The molecule has 3 aromatic rings. The number of likely N-dealkylation sites (tertiary alicyclic amines) is 1. The minimum absolute atomic E-state index is 0.0320. The number of benzene rings is 1. The highest BCUT2D eigenvalue weighted by molar-refractivity contribution is 6.08. The van der Waals surface area contributed by atoms with Gasteiger partial charge in [-0.2, -0.15) is 5.10 Å². The number of hydrogen-bond acceptors (Lipinski definition) is 4. The van der Waals surface area contributed by atoms with Gasteiger partial charge < -0.3 is 14.8 Å². The average molecular weight is 396 g/mol. The van der Waals surface area contributed by atoms with E-state index in [4.69, 9.17) is 0 Å².